The van der Waals surface area contributed by atoms with E-state index in [4.69, 9.17) is 16.0 Å². The van der Waals surface area contributed by atoms with Crippen molar-refractivity contribution in [1.82, 2.24) is 42.2 Å². The molecule has 1 heterocycles. The summed E-state index contributed by atoms with van der Waals surface area (Å²) in [7, 11) is -4.90. The van der Waals surface area contributed by atoms with Gasteiger partial charge in [-0.15, -0.1) is 11.8 Å². The molecule has 434 valence electrons. The SMILES string of the molecule is CSCCC(NC(=O)[C@H](Cc1c[nH]c2ccccc12)NC(=O)CNC(=O)[C@H](CC(S)(S)SC)NC(=O)[C@H](Cc1ccc(OS(=O)(=O)O)cc1)NC(=O)[C@@H](N)CC(=O)O)C(=O)N[C@@H](CC(=O)O)C(=O)N[C@@H](Cc1ccccc1)C(N)=O. The monoisotopic (exact) mass is 1210 g/mol. The lowest BCUT2D eigenvalue weighted by atomic mass is 10.0. The molecule has 1 unspecified atom stereocenters. The van der Waals surface area contributed by atoms with Gasteiger partial charge in [-0.05, 0) is 59.6 Å². The first-order valence-electron chi connectivity index (χ1n) is 24.1. The standard InChI is InChI=1S/C49H62N10O16S5/c1-78-17-16-33(45(68)58-37(22-41(63)64)48(71)56-34(42(51)65)18-26-8-4-3-5-9-26)55-47(70)36(20-28-24-52-32-11-7-6-10-30(28)32)54-39(60)25-53-44(67)38(23-49(76,77)79-2)59-46(69)35(57-43(66)31(50)21-40(61)62)19-27-12-14-29(15-13-27)75-80(72,73)74/h3-15,24,31,33-38,52,76-77H,16-23,25,50H2,1-2H3,(H2,51,65)(H,53,67)(H,54,60)(H,55,70)(H,56,71)(H,57,66)(H,58,68)(H,59,69)(H,61,62)(H,63,64)(H,72,73,74)/t31-,33?,34-,35-,36-,37-,38-/m0/s1. The largest absolute Gasteiger partial charge is 0.481 e. The van der Waals surface area contributed by atoms with Crippen molar-refractivity contribution >= 4 is 129 Å². The number of rotatable bonds is 33. The summed E-state index contributed by atoms with van der Waals surface area (Å²) < 4.78 is 34.6. The van der Waals surface area contributed by atoms with Crippen LogP contribution in [0.2, 0.25) is 0 Å². The fraction of sp³-hybridized carbons (Fsp3) is 0.388. The number of thiol groups is 2. The topological polar surface area (TPSA) is 427 Å². The van der Waals surface area contributed by atoms with Gasteiger partial charge in [0.2, 0.25) is 47.3 Å². The first-order valence-corrected chi connectivity index (χ1v) is 29.0. The van der Waals surface area contributed by atoms with Gasteiger partial charge in [0.25, 0.3) is 0 Å². The fourth-order valence-electron chi connectivity index (χ4n) is 7.68. The van der Waals surface area contributed by atoms with Crippen molar-refractivity contribution in [3.8, 4) is 5.75 Å². The number of benzene rings is 3. The number of aromatic nitrogens is 1. The predicted octanol–water partition coefficient (Wildman–Crippen LogP) is -0.816. The highest BCUT2D eigenvalue weighted by molar-refractivity contribution is 8.23. The third-order valence-electron chi connectivity index (χ3n) is 11.7. The number of carboxylic acids is 2. The van der Waals surface area contributed by atoms with Crippen molar-refractivity contribution in [3.63, 3.8) is 0 Å². The summed E-state index contributed by atoms with van der Waals surface area (Å²) in [6, 6.07) is 9.64. The smallest absolute Gasteiger partial charge is 0.446 e. The summed E-state index contributed by atoms with van der Waals surface area (Å²) in [4.78, 5) is 136. The minimum absolute atomic E-state index is 0.0475. The number of aromatic amines is 1. The van der Waals surface area contributed by atoms with E-state index in [0.29, 0.717) is 22.0 Å². The zero-order valence-corrected chi connectivity index (χ0v) is 47.1. The Kier molecular flexibility index (Phi) is 25.5. The van der Waals surface area contributed by atoms with Gasteiger partial charge in [0, 0.05) is 42.8 Å². The number of amides is 8. The van der Waals surface area contributed by atoms with Gasteiger partial charge in [-0.3, -0.25) is 52.5 Å². The molecule has 0 saturated carbocycles. The maximum atomic E-state index is 14.4. The van der Waals surface area contributed by atoms with E-state index in [1.165, 1.54) is 23.9 Å². The summed E-state index contributed by atoms with van der Waals surface area (Å²) >= 11 is 11.3. The van der Waals surface area contributed by atoms with Crippen LogP contribution in [0.1, 0.15) is 42.4 Å². The van der Waals surface area contributed by atoms with Crippen molar-refractivity contribution in [2.75, 3.05) is 24.8 Å². The summed E-state index contributed by atoms with van der Waals surface area (Å²) in [5, 5.41) is 36.9. The average molecular weight is 1210 g/mol. The number of carbonyl (C=O) groups is 10. The molecule has 7 atom stereocenters. The Hall–Kier alpha value is -7.03. The lowest BCUT2D eigenvalue weighted by Gasteiger charge is -2.28. The highest BCUT2D eigenvalue weighted by Crippen LogP contribution is 2.36. The van der Waals surface area contributed by atoms with Crippen molar-refractivity contribution in [3.05, 3.63) is 102 Å². The zero-order chi connectivity index (χ0) is 59.3. The van der Waals surface area contributed by atoms with Crippen LogP contribution in [0.5, 0.6) is 5.75 Å². The van der Waals surface area contributed by atoms with Crippen molar-refractivity contribution in [2.45, 2.75) is 90.6 Å². The van der Waals surface area contributed by atoms with Crippen LogP contribution in [-0.4, -0.2) is 158 Å². The molecule has 0 radical (unpaired) electrons. The molecule has 0 saturated heterocycles. The maximum Gasteiger partial charge on any atom is 0.446 e. The number of nitrogens with one attached hydrogen (secondary N) is 8. The number of para-hydroxylation sites is 1. The van der Waals surface area contributed by atoms with E-state index in [1.54, 1.807) is 73.3 Å². The molecule has 1 aromatic heterocycles. The summed E-state index contributed by atoms with van der Waals surface area (Å²) in [6.45, 7) is -0.824. The fourth-order valence-corrected chi connectivity index (χ4v) is 9.21. The Bertz CT molecular complexity index is 2970. The van der Waals surface area contributed by atoms with Gasteiger partial charge >= 0.3 is 22.3 Å². The number of nitrogens with two attached hydrogens (primary N) is 2. The number of hydrogen-bond donors (Lipinski definition) is 15. The lowest BCUT2D eigenvalue weighted by molar-refractivity contribution is -0.141. The van der Waals surface area contributed by atoms with Crippen LogP contribution in [0, 0.1) is 0 Å². The van der Waals surface area contributed by atoms with Gasteiger partial charge in [0.05, 0.1) is 25.4 Å². The minimum Gasteiger partial charge on any atom is -0.481 e. The predicted molar refractivity (Wildman–Crippen MR) is 303 cm³/mol. The molecule has 0 aliphatic rings. The second kappa shape index (κ2) is 31.1. The summed E-state index contributed by atoms with van der Waals surface area (Å²) in [5.41, 5.74) is 13.5. The van der Waals surface area contributed by atoms with Crippen LogP contribution in [0.15, 0.2) is 85.1 Å². The molecular weight excluding hydrogens is 1140 g/mol. The molecule has 15 N–H and O–H groups in total. The van der Waals surface area contributed by atoms with E-state index >= 15 is 0 Å². The highest BCUT2D eigenvalue weighted by Gasteiger charge is 2.36. The number of carbonyl (C=O) groups excluding carboxylic acids is 8. The first kappa shape index (κ1) is 65.5. The number of primary amides is 1. The average Bonchev–Trinajstić information content (AvgIpc) is 3.80. The Balaban J connectivity index is 1.58. The zero-order valence-electron chi connectivity index (χ0n) is 42.9. The van der Waals surface area contributed by atoms with Crippen LogP contribution in [0.4, 0.5) is 0 Å². The molecule has 0 fully saturated rings. The minimum atomic E-state index is -4.90. The number of H-pyrrole nitrogens is 1. The number of thioether (sulfide) groups is 2. The Morgan fingerprint density at radius 2 is 1.18 bits per heavy atom. The highest BCUT2D eigenvalue weighted by atomic mass is 32.3. The molecular formula is C49H62N10O16S5. The van der Waals surface area contributed by atoms with Gasteiger partial charge in [-0.25, -0.2) is 0 Å². The third-order valence-corrected chi connectivity index (χ3v) is 15.1. The Morgan fingerprint density at radius 3 is 1.77 bits per heavy atom. The molecule has 0 spiro atoms. The molecule has 80 heavy (non-hydrogen) atoms. The van der Waals surface area contributed by atoms with Crippen LogP contribution < -0.4 is 52.9 Å². The van der Waals surface area contributed by atoms with E-state index in [1.807, 2.05) is 0 Å². The molecule has 4 aromatic rings. The van der Waals surface area contributed by atoms with Gasteiger partial charge in [0.1, 0.15) is 45.4 Å². The Labute approximate surface area is 478 Å². The van der Waals surface area contributed by atoms with Crippen molar-refractivity contribution in [1.29, 1.82) is 0 Å². The molecule has 0 aliphatic heterocycles. The molecule has 31 heteroatoms. The number of carboxylic acid groups (broad SMARTS) is 2. The quantitative estimate of drug-likeness (QED) is 0.0157. The number of fused-ring (bicyclic) bond motifs is 1. The first-order chi connectivity index (χ1) is 37.7. The van der Waals surface area contributed by atoms with E-state index in [0.717, 1.165) is 23.9 Å². The van der Waals surface area contributed by atoms with Crippen LogP contribution in [0.25, 0.3) is 10.9 Å². The van der Waals surface area contributed by atoms with E-state index < -0.39 is 135 Å². The van der Waals surface area contributed by atoms with Crippen LogP contribution in [-0.2, 0) is 77.6 Å². The van der Waals surface area contributed by atoms with Crippen molar-refractivity contribution < 1.29 is 75.3 Å². The lowest BCUT2D eigenvalue weighted by Crippen LogP contribution is -2.59. The molecule has 3 aromatic carbocycles. The van der Waals surface area contributed by atoms with Crippen LogP contribution in [0.3, 0.4) is 0 Å². The molecule has 0 bridgehead atoms. The molecule has 0 aliphatic carbocycles. The molecule has 4 rings (SSSR count). The van der Waals surface area contributed by atoms with Gasteiger partial charge < -0.3 is 68.1 Å². The van der Waals surface area contributed by atoms with E-state index in [9.17, 15) is 66.6 Å². The second-order valence-corrected chi connectivity index (χ2v) is 23.5. The summed E-state index contributed by atoms with van der Waals surface area (Å²) in [6.07, 6.45) is 2.18. The Morgan fingerprint density at radius 1 is 0.650 bits per heavy atom. The number of hydrogen-bond acceptors (Lipinski definition) is 18. The second-order valence-electron chi connectivity index (χ2n) is 17.9. The van der Waals surface area contributed by atoms with E-state index in [-0.39, 0.29) is 49.2 Å². The van der Waals surface area contributed by atoms with Crippen LogP contribution >= 0.6 is 48.8 Å². The van der Waals surface area contributed by atoms with Gasteiger partial charge in [-0.2, -0.15) is 45.4 Å². The maximum absolute atomic E-state index is 14.4. The van der Waals surface area contributed by atoms with Crippen molar-refractivity contribution in [2.24, 2.45) is 11.5 Å². The summed E-state index contributed by atoms with van der Waals surface area (Å²) in [5.74, 6) is -10.8. The third kappa shape index (κ3) is 22.2. The number of aliphatic carboxylic acids is 2. The van der Waals surface area contributed by atoms with E-state index in [2.05, 4.69) is 71.6 Å². The van der Waals surface area contributed by atoms with Gasteiger partial charge in [-0.1, -0.05) is 60.7 Å². The van der Waals surface area contributed by atoms with Gasteiger partial charge in [0.15, 0.2) is 0 Å². The normalized spacial score (nSPS) is 14.1. The molecule has 8 amide bonds. The molecule has 26 nitrogen and oxygen atoms in total.